The van der Waals surface area contributed by atoms with E-state index in [1.807, 2.05) is 0 Å². The molecule has 0 spiro atoms. The van der Waals surface area contributed by atoms with Gasteiger partial charge in [0.25, 0.3) is 11.8 Å². The van der Waals surface area contributed by atoms with Crippen LogP contribution in [-0.4, -0.2) is 45.4 Å². The molecule has 3 rings (SSSR count). The number of likely N-dealkylation sites (tertiary alicyclic amines) is 1. The fraction of sp³-hybridized carbons (Fsp3) is 0.200. The molecule has 1 aliphatic rings. The van der Waals surface area contributed by atoms with E-state index < -0.39 is 23.8 Å². The predicted molar refractivity (Wildman–Crippen MR) is 118 cm³/mol. The van der Waals surface area contributed by atoms with E-state index in [1.165, 1.54) is 11.1 Å². The van der Waals surface area contributed by atoms with Crippen molar-refractivity contribution in [2.24, 2.45) is 0 Å². The van der Waals surface area contributed by atoms with Crippen LogP contribution in [0.15, 0.2) is 63.4 Å². The Labute approximate surface area is 189 Å². The Kier molecular flexibility index (Phi) is 7.22. The molecule has 1 atom stereocenters. The molecular formula is C20H18Br2N4O4. The summed E-state index contributed by atoms with van der Waals surface area (Å²) in [6.45, 7) is 0.300. The fourth-order valence-electron chi connectivity index (χ4n) is 3.02. The second-order valence-corrected chi connectivity index (χ2v) is 8.27. The highest BCUT2D eigenvalue weighted by atomic mass is 79.9. The molecule has 0 bridgehead atoms. The summed E-state index contributed by atoms with van der Waals surface area (Å²) in [6, 6.07) is 9.28. The van der Waals surface area contributed by atoms with Crippen LogP contribution in [0.5, 0.6) is 0 Å². The summed E-state index contributed by atoms with van der Waals surface area (Å²) in [5.41, 5.74) is 0.295. The molecule has 10 heteroatoms. The Morgan fingerprint density at radius 3 is 2.60 bits per heavy atom. The van der Waals surface area contributed by atoms with Gasteiger partial charge in [-0.2, -0.15) is 0 Å². The van der Waals surface area contributed by atoms with Crippen LogP contribution in [0.1, 0.15) is 23.2 Å². The molecule has 1 unspecified atom stereocenters. The molecule has 2 heterocycles. The SMILES string of the molecule is O=C(N/C(=C\Nc1ncc(Br)cc1Br)C(=O)N1CCCC1C(=O)O)c1ccccc1. The Balaban J connectivity index is 1.88. The highest BCUT2D eigenvalue weighted by Gasteiger charge is 2.35. The predicted octanol–water partition coefficient (Wildman–Crippen LogP) is 3.37. The number of benzene rings is 1. The van der Waals surface area contributed by atoms with Gasteiger partial charge in [0.1, 0.15) is 17.6 Å². The first kappa shape index (κ1) is 22.0. The van der Waals surface area contributed by atoms with Crippen molar-refractivity contribution in [3.63, 3.8) is 0 Å². The lowest BCUT2D eigenvalue weighted by molar-refractivity contribution is -0.146. The average molecular weight is 538 g/mol. The number of nitrogens with zero attached hydrogens (tertiary/aromatic N) is 2. The van der Waals surface area contributed by atoms with E-state index in [1.54, 1.807) is 42.6 Å². The number of nitrogens with one attached hydrogen (secondary N) is 2. The van der Waals surface area contributed by atoms with Gasteiger partial charge in [-0.05, 0) is 62.9 Å². The summed E-state index contributed by atoms with van der Waals surface area (Å²) >= 11 is 6.69. The Morgan fingerprint density at radius 1 is 1.20 bits per heavy atom. The van der Waals surface area contributed by atoms with Crippen LogP contribution in [0, 0.1) is 0 Å². The number of amides is 2. The van der Waals surface area contributed by atoms with Crippen LogP contribution < -0.4 is 10.6 Å². The number of pyridine rings is 1. The number of halogens is 2. The molecule has 30 heavy (non-hydrogen) atoms. The molecule has 156 valence electrons. The number of hydrogen-bond donors (Lipinski definition) is 3. The van der Waals surface area contributed by atoms with Gasteiger partial charge in [0.2, 0.25) is 0 Å². The van der Waals surface area contributed by atoms with Gasteiger partial charge < -0.3 is 20.6 Å². The van der Waals surface area contributed by atoms with Gasteiger partial charge in [0.15, 0.2) is 0 Å². The van der Waals surface area contributed by atoms with Crippen LogP contribution in [0.4, 0.5) is 5.82 Å². The quantitative estimate of drug-likeness (QED) is 0.487. The van der Waals surface area contributed by atoms with Gasteiger partial charge in [-0.1, -0.05) is 18.2 Å². The maximum atomic E-state index is 13.1. The normalized spacial score (nSPS) is 16.3. The van der Waals surface area contributed by atoms with Crippen molar-refractivity contribution in [1.29, 1.82) is 0 Å². The summed E-state index contributed by atoms with van der Waals surface area (Å²) in [5.74, 6) is -1.70. The summed E-state index contributed by atoms with van der Waals surface area (Å²) in [7, 11) is 0. The standard InChI is InChI=1S/C20H18Br2N4O4/c21-13-9-14(22)17(23-10-13)24-11-15(25-18(27)12-5-2-1-3-6-12)19(28)26-8-4-7-16(26)20(29)30/h1-3,5-6,9-11,16H,4,7-8H2,(H,23,24)(H,25,27)(H,29,30)/b15-11-. The second-order valence-electron chi connectivity index (χ2n) is 6.50. The zero-order valence-electron chi connectivity index (χ0n) is 15.6. The number of carbonyl (C=O) groups excluding carboxylic acids is 2. The van der Waals surface area contributed by atoms with Crippen molar-refractivity contribution in [2.75, 3.05) is 11.9 Å². The summed E-state index contributed by atoms with van der Waals surface area (Å²) < 4.78 is 1.40. The minimum atomic E-state index is -1.07. The lowest BCUT2D eigenvalue weighted by atomic mass is 10.2. The molecule has 1 aromatic carbocycles. The van der Waals surface area contributed by atoms with Gasteiger partial charge in [-0.3, -0.25) is 9.59 Å². The number of aliphatic carboxylic acids is 1. The minimum absolute atomic E-state index is 0.0754. The van der Waals surface area contributed by atoms with Crippen molar-refractivity contribution in [3.05, 3.63) is 69.0 Å². The van der Waals surface area contributed by atoms with Crippen molar-refractivity contribution in [3.8, 4) is 0 Å². The van der Waals surface area contributed by atoms with E-state index in [-0.39, 0.29) is 5.70 Å². The second kappa shape index (κ2) is 9.86. The lowest BCUT2D eigenvalue weighted by Gasteiger charge is -2.23. The maximum absolute atomic E-state index is 13.1. The van der Waals surface area contributed by atoms with E-state index in [9.17, 15) is 19.5 Å². The van der Waals surface area contributed by atoms with E-state index in [4.69, 9.17) is 0 Å². The third kappa shape index (κ3) is 5.25. The monoisotopic (exact) mass is 536 g/mol. The van der Waals surface area contributed by atoms with E-state index in [0.29, 0.717) is 35.2 Å². The molecule has 1 aliphatic heterocycles. The summed E-state index contributed by atoms with van der Waals surface area (Å²) in [4.78, 5) is 42.7. The van der Waals surface area contributed by atoms with Gasteiger partial charge in [0, 0.05) is 29.0 Å². The number of carboxylic acid groups (broad SMARTS) is 1. The van der Waals surface area contributed by atoms with Gasteiger partial charge in [0.05, 0.1) is 4.47 Å². The van der Waals surface area contributed by atoms with E-state index in [2.05, 4.69) is 47.5 Å². The number of hydrogen-bond acceptors (Lipinski definition) is 5. The smallest absolute Gasteiger partial charge is 0.326 e. The Morgan fingerprint density at radius 2 is 1.93 bits per heavy atom. The van der Waals surface area contributed by atoms with Crippen LogP contribution in [0.25, 0.3) is 0 Å². The lowest BCUT2D eigenvalue weighted by Crippen LogP contribution is -2.44. The minimum Gasteiger partial charge on any atom is -0.480 e. The van der Waals surface area contributed by atoms with Crippen LogP contribution in [0.3, 0.4) is 0 Å². The third-order valence-electron chi connectivity index (χ3n) is 4.47. The largest absolute Gasteiger partial charge is 0.480 e. The van der Waals surface area contributed by atoms with Crippen molar-refractivity contribution >= 4 is 55.5 Å². The Bertz CT molecular complexity index is 998. The fourth-order valence-corrected chi connectivity index (χ4v) is 4.12. The van der Waals surface area contributed by atoms with Crippen molar-refractivity contribution in [2.45, 2.75) is 18.9 Å². The first-order chi connectivity index (χ1) is 14.4. The number of aromatic nitrogens is 1. The molecule has 8 nitrogen and oxygen atoms in total. The third-order valence-corrected chi connectivity index (χ3v) is 5.51. The number of carboxylic acids is 1. The molecule has 2 amide bonds. The zero-order valence-corrected chi connectivity index (χ0v) is 18.8. The van der Waals surface area contributed by atoms with E-state index in [0.717, 1.165) is 4.47 Å². The molecule has 1 aromatic heterocycles. The number of anilines is 1. The maximum Gasteiger partial charge on any atom is 0.326 e. The van der Waals surface area contributed by atoms with Crippen LogP contribution >= 0.6 is 31.9 Å². The average Bonchev–Trinajstić information content (AvgIpc) is 3.22. The molecule has 1 fully saturated rings. The molecule has 1 saturated heterocycles. The number of carbonyl (C=O) groups is 3. The van der Waals surface area contributed by atoms with Gasteiger partial charge in [-0.15, -0.1) is 0 Å². The molecule has 0 aliphatic carbocycles. The molecule has 3 N–H and O–H groups in total. The number of rotatable bonds is 6. The van der Waals surface area contributed by atoms with Crippen molar-refractivity contribution in [1.82, 2.24) is 15.2 Å². The molecule has 0 saturated carbocycles. The first-order valence-corrected chi connectivity index (χ1v) is 10.6. The van der Waals surface area contributed by atoms with Gasteiger partial charge >= 0.3 is 5.97 Å². The first-order valence-electron chi connectivity index (χ1n) is 9.04. The topological polar surface area (TPSA) is 112 Å². The molecule has 0 radical (unpaired) electrons. The Hall–Kier alpha value is -2.72. The van der Waals surface area contributed by atoms with E-state index >= 15 is 0 Å². The summed E-state index contributed by atoms with van der Waals surface area (Å²) in [6.07, 6.45) is 3.84. The molecular weight excluding hydrogens is 520 g/mol. The van der Waals surface area contributed by atoms with Crippen molar-refractivity contribution < 1.29 is 19.5 Å². The molecule has 2 aromatic rings. The highest BCUT2D eigenvalue weighted by Crippen LogP contribution is 2.24. The zero-order chi connectivity index (χ0) is 21.7. The van der Waals surface area contributed by atoms with Gasteiger partial charge in [-0.25, -0.2) is 9.78 Å². The highest BCUT2D eigenvalue weighted by molar-refractivity contribution is 9.11. The summed E-state index contributed by atoms with van der Waals surface area (Å²) in [5, 5.41) is 14.9. The van der Waals surface area contributed by atoms with Crippen LogP contribution in [-0.2, 0) is 9.59 Å². The van der Waals surface area contributed by atoms with Crippen LogP contribution in [0.2, 0.25) is 0 Å².